The molecule has 0 bridgehead atoms. The molecule has 0 aliphatic rings. The highest BCUT2D eigenvalue weighted by Gasteiger charge is 2.33. The van der Waals surface area contributed by atoms with E-state index in [1.54, 1.807) is 20.2 Å². The summed E-state index contributed by atoms with van der Waals surface area (Å²) >= 11 is 7.00. The molecular weight excluding hydrogens is 401 g/mol. The third-order valence-corrected chi connectivity index (χ3v) is 4.80. The molecule has 148 valence electrons. The first kappa shape index (κ1) is 21.5. The number of guanidine groups is 1. The smallest absolute Gasteiger partial charge is 0.375 e. The molecule has 1 aromatic carbocycles. The Morgan fingerprint density at radius 1 is 1.37 bits per heavy atom. The third-order valence-electron chi connectivity index (χ3n) is 3.66. The first-order valence-electron chi connectivity index (χ1n) is 8.08. The number of aromatic nitrogens is 1. The van der Waals surface area contributed by atoms with E-state index in [9.17, 15) is 13.2 Å². The number of hydrogen-bond donors (Lipinski definition) is 2. The summed E-state index contributed by atoms with van der Waals surface area (Å²) in [4.78, 5) is 7.70. The maximum absolute atomic E-state index is 12.6. The normalized spacial score (nSPS) is 13.5. The molecule has 1 atom stereocenters. The Balaban J connectivity index is 1.82. The minimum atomic E-state index is -4.41. The van der Waals surface area contributed by atoms with Crippen LogP contribution in [0.2, 0.25) is 5.02 Å². The summed E-state index contributed by atoms with van der Waals surface area (Å²) in [5, 5.41) is 8.24. The zero-order valence-electron chi connectivity index (χ0n) is 14.8. The lowest BCUT2D eigenvalue weighted by Gasteiger charge is -2.19. The first-order chi connectivity index (χ1) is 12.8. The number of halogens is 4. The van der Waals surface area contributed by atoms with Crippen LogP contribution < -0.4 is 10.6 Å². The SMILES string of the molecule is CN=C(NCCc1nc(C(F)(F)F)cs1)NCC(OC)c1cccc(Cl)c1. The third kappa shape index (κ3) is 6.67. The van der Waals surface area contributed by atoms with Gasteiger partial charge in [-0.2, -0.15) is 13.2 Å². The second-order valence-corrected chi connectivity index (χ2v) is 6.91. The highest BCUT2D eigenvalue weighted by atomic mass is 35.5. The lowest BCUT2D eigenvalue weighted by Crippen LogP contribution is -2.40. The highest BCUT2D eigenvalue weighted by Crippen LogP contribution is 2.30. The van der Waals surface area contributed by atoms with Crippen molar-refractivity contribution < 1.29 is 17.9 Å². The number of aliphatic imine (C=N–C) groups is 1. The fourth-order valence-corrected chi connectivity index (χ4v) is 3.30. The van der Waals surface area contributed by atoms with Gasteiger partial charge in [-0.25, -0.2) is 4.98 Å². The summed E-state index contributed by atoms with van der Waals surface area (Å²) in [6.07, 6.45) is -4.27. The number of alkyl halides is 3. The van der Waals surface area contributed by atoms with Crippen molar-refractivity contribution in [2.24, 2.45) is 4.99 Å². The molecule has 0 saturated carbocycles. The van der Waals surface area contributed by atoms with Gasteiger partial charge in [0.05, 0.1) is 11.1 Å². The van der Waals surface area contributed by atoms with E-state index < -0.39 is 11.9 Å². The van der Waals surface area contributed by atoms with Gasteiger partial charge in [-0.3, -0.25) is 4.99 Å². The van der Waals surface area contributed by atoms with E-state index in [0.717, 1.165) is 22.3 Å². The van der Waals surface area contributed by atoms with Crippen molar-refractivity contribution in [1.82, 2.24) is 15.6 Å². The van der Waals surface area contributed by atoms with E-state index in [1.807, 2.05) is 18.2 Å². The van der Waals surface area contributed by atoms with E-state index in [0.29, 0.717) is 35.5 Å². The van der Waals surface area contributed by atoms with Crippen LogP contribution in [-0.4, -0.2) is 38.2 Å². The van der Waals surface area contributed by atoms with E-state index in [2.05, 4.69) is 20.6 Å². The van der Waals surface area contributed by atoms with Crippen molar-refractivity contribution in [3.63, 3.8) is 0 Å². The Morgan fingerprint density at radius 3 is 2.74 bits per heavy atom. The molecule has 0 saturated heterocycles. The molecule has 1 aromatic heterocycles. The highest BCUT2D eigenvalue weighted by molar-refractivity contribution is 7.09. The predicted octanol–water partition coefficient (Wildman–Crippen LogP) is 3.91. The molecule has 0 amide bonds. The zero-order chi connectivity index (χ0) is 19.9. The Morgan fingerprint density at radius 2 is 2.15 bits per heavy atom. The van der Waals surface area contributed by atoms with Gasteiger partial charge in [0.25, 0.3) is 0 Å². The second-order valence-electron chi connectivity index (χ2n) is 5.53. The van der Waals surface area contributed by atoms with Crippen LogP contribution in [0.1, 0.15) is 22.4 Å². The number of rotatable bonds is 7. The molecule has 1 unspecified atom stereocenters. The van der Waals surface area contributed by atoms with Crippen LogP contribution in [0, 0.1) is 0 Å². The topological polar surface area (TPSA) is 58.5 Å². The quantitative estimate of drug-likeness (QED) is 0.526. The lowest BCUT2D eigenvalue weighted by molar-refractivity contribution is -0.140. The van der Waals surface area contributed by atoms with E-state index in [4.69, 9.17) is 16.3 Å². The first-order valence-corrected chi connectivity index (χ1v) is 9.33. The van der Waals surface area contributed by atoms with Crippen LogP contribution in [0.25, 0.3) is 0 Å². The summed E-state index contributed by atoms with van der Waals surface area (Å²) in [6, 6.07) is 7.38. The lowest BCUT2D eigenvalue weighted by atomic mass is 10.1. The van der Waals surface area contributed by atoms with Crippen LogP contribution in [0.15, 0.2) is 34.6 Å². The van der Waals surface area contributed by atoms with Crippen molar-refractivity contribution in [2.75, 3.05) is 27.2 Å². The van der Waals surface area contributed by atoms with Crippen LogP contribution in [0.5, 0.6) is 0 Å². The fraction of sp³-hybridized carbons (Fsp3) is 0.412. The fourth-order valence-electron chi connectivity index (χ4n) is 2.30. The summed E-state index contributed by atoms with van der Waals surface area (Å²) in [7, 11) is 3.21. The van der Waals surface area contributed by atoms with Gasteiger partial charge in [0.1, 0.15) is 0 Å². The van der Waals surface area contributed by atoms with E-state index >= 15 is 0 Å². The number of nitrogens with one attached hydrogen (secondary N) is 2. The summed E-state index contributed by atoms with van der Waals surface area (Å²) in [5.41, 5.74) is 0.0740. The molecule has 2 aromatic rings. The van der Waals surface area contributed by atoms with Crippen molar-refractivity contribution in [2.45, 2.75) is 18.7 Å². The molecule has 27 heavy (non-hydrogen) atoms. The maximum Gasteiger partial charge on any atom is 0.434 e. The van der Waals surface area contributed by atoms with Gasteiger partial charge in [-0.15, -0.1) is 11.3 Å². The number of hydrogen-bond acceptors (Lipinski definition) is 4. The molecule has 0 radical (unpaired) electrons. The largest absolute Gasteiger partial charge is 0.434 e. The molecule has 2 N–H and O–H groups in total. The van der Waals surface area contributed by atoms with Crippen LogP contribution in [-0.2, 0) is 17.3 Å². The zero-order valence-corrected chi connectivity index (χ0v) is 16.4. The van der Waals surface area contributed by atoms with Crippen LogP contribution >= 0.6 is 22.9 Å². The van der Waals surface area contributed by atoms with Crippen molar-refractivity contribution >= 4 is 28.9 Å². The number of nitrogens with zero attached hydrogens (tertiary/aromatic N) is 2. The van der Waals surface area contributed by atoms with E-state index in [1.165, 1.54) is 0 Å². The maximum atomic E-state index is 12.6. The minimum absolute atomic E-state index is 0.226. The molecule has 0 fully saturated rings. The molecule has 0 aliphatic heterocycles. The average Bonchev–Trinajstić information content (AvgIpc) is 3.10. The second kappa shape index (κ2) is 9.91. The average molecular weight is 421 g/mol. The summed E-state index contributed by atoms with van der Waals surface area (Å²) in [6.45, 7) is 0.852. The standard InChI is InChI=1S/C17H20ClF3N4OS/c1-22-16(23-7-6-15-25-14(10-27-15)17(19,20)21)24-9-13(26-2)11-4-3-5-12(18)8-11/h3-5,8,10,13H,6-7,9H2,1-2H3,(H2,22,23,24). The molecule has 2 rings (SSSR count). The number of thiazole rings is 1. The van der Waals surface area contributed by atoms with Crippen molar-refractivity contribution in [3.8, 4) is 0 Å². The van der Waals surface area contributed by atoms with Gasteiger partial charge in [-0.05, 0) is 17.7 Å². The number of benzene rings is 1. The Bertz CT molecular complexity index is 767. The van der Waals surface area contributed by atoms with Crippen LogP contribution in [0.4, 0.5) is 13.2 Å². The molecule has 5 nitrogen and oxygen atoms in total. The van der Waals surface area contributed by atoms with Gasteiger partial charge in [0, 0.05) is 44.1 Å². The van der Waals surface area contributed by atoms with Gasteiger partial charge in [-0.1, -0.05) is 23.7 Å². The minimum Gasteiger partial charge on any atom is -0.375 e. The predicted molar refractivity (Wildman–Crippen MR) is 101 cm³/mol. The molecule has 0 spiro atoms. The molecular formula is C17H20ClF3N4OS. The monoisotopic (exact) mass is 420 g/mol. The van der Waals surface area contributed by atoms with Crippen molar-refractivity contribution in [1.29, 1.82) is 0 Å². The van der Waals surface area contributed by atoms with Gasteiger partial charge < -0.3 is 15.4 Å². The van der Waals surface area contributed by atoms with Gasteiger partial charge in [0.15, 0.2) is 11.7 Å². The van der Waals surface area contributed by atoms with Crippen molar-refractivity contribution in [3.05, 3.63) is 50.9 Å². The molecule has 10 heteroatoms. The number of ether oxygens (including phenoxy) is 1. The van der Waals surface area contributed by atoms with Crippen LogP contribution in [0.3, 0.4) is 0 Å². The molecule has 1 heterocycles. The summed E-state index contributed by atoms with van der Waals surface area (Å²) < 4.78 is 43.2. The van der Waals surface area contributed by atoms with Gasteiger partial charge in [0.2, 0.25) is 0 Å². The summed E-state index contributed by atoms with van der Waals surface area (Å²) in [5.74, 6) is 0.520. The Hall–Kier alpha value is -1.84. The number of methoxy groups -OCH3 is 1. The Labute approximate surface area is 164 Å². The van der Waals surface area contributed by atoms with E-state index in [-0.39, 0.29) is 6.10 Å². The molecule has 0 aliphatic carbocycles. The van der Waals surface area contributed by atoms with Gasteiger partial charge >= 0.3 is 6.18 Å². The Kier molecular flexibility index (Phi) is 7.88.